The molecular formula is C25H27ClN6. The number of halogens is 1. The summed E-state index contributed by atoms with van der Waals surface area (Å²) in [5.41, 5.74) is 11.3. The fraction of sp³-hybridized carbons (Fsp3) is 0.320. The summed E-state index contributed by atoms with van der Waals surface area (Å²) in [6.45, 7) is 0. The third-order valence-corrected chi connectivity index (χ3v) is 6.50. The lowest BCUT2D eigenvalue weighted by atomic mass is 9.92. The van der Waals surface area contributed by atoms with Crippen molar-refractivity contribution in [2.75, 3.05) is 5.32 Å². The Labute approximate surface area is 192 Å². The van der Waals surface area contributed by atoms with Gasteiger partial charge < -0.3 is 11.1 Å². The monoisotopic (exact) mass is 446 g/mol. The highest BCUT2D eigenvalue weighted by atomic mass is 35.5. The van der Waals surface area contributed by atoms with E-state index < -0.39 is 0 Å². The Morgan fingerprint density at radius 1 is 1.00 bits per heavy atom. The number of rotatable bonds is 6. The molecule has 1 fully saturated rings. The number of aromatic nitrogens is 4. The molecule has 4 aromatic rings. The molecule has 0 radical (unpaired) electrons. The first-order valence-electron chi connectivity index (χ1n) is 11.2. The van der Waals surface area contributed by atoms with E-state index >= 15 is 0 Å². The van der Waals surface area contributed by atoms with E-state index in [1.54, 1.807) is 0 Å². The minimum atomic E-state index is 0.326. The number of anilines is 1. The minimum absolute atomic E-state index is 0.326. The fourth-order valence-electron chi connectivity index (χ4n) is 4.36. The average molecular weight is 447 g/mol. The van der Waals surface area contributed by atoms with Crippen LogP contribution in [0, 0.1) is 0 Å². The lowest BCUT2D eigenvalue weighted by Crippen LogP contribution is -2.33. The van der Waals surface area contributed by atoms with Crippen molar-refractivity contribution >= 4 is 28.6 Å². The van der Waals surface area contributed by atoms with Crippen LogP contribution in [0.5, 0.6) is 0 Å². The zero-order valence-electron chi connectivity index (χ0n) is 17.9. The first-order valence-corrected chi connectivity index (χ1v) is 11.6. The molecule has 0 amide bonds. The topological polar surface area (TPSA) is 92.5 Å². The van der Waals surface area contributed by atoms with Gasteiger partial charge in [-0.1, -0.05) is 41.9 Å². The van der Waals surface area contributed by atoms with E-state index in [0.29, 0.717) is 23.7 Å². The summed E-state index contributed by atoms with van der Waals surface area (Å²) < 4.78 is 0. The second-order valence-electron chi connectivity index (χ2n) is 8.61. The van der Waals surface area contributed by atoms with Crippen molar-refractivity contribution in [2.24, 2.45) is 5.73 Å². The van der Waals surface area contributed by atoms with E-state index in [1.165, 1.54) is 11.1 Å². The quantitative estimate of drug-likeness (QED) is 0.381. The highest BCUT2D eigenvalue weighted by Gasteiger charge is 2.19. The van der Waals surface area contributed by atoms with Gasteiger partial charge in [0.05, 0.1) is 11.1 Å². The molecular weight excluding hydrogens is 420 g/mol. The molecule has 2 aromatic carbocycles. The summed E-state index contributed by atoms with van der Waals surface area (Å²) in [6, 6.07) is 17.3. The second-order valence-corrected chi connectivity index (χ2v) is 9.05. The Balaban J connectivity index is 1.31. The third kappa shape index (κ3) is 4.76. The first-order chi connectivity index (χ1) is 15.6. The molecule has 7 heteroatoms. The van der Waals surface area contributed by atoms with Gasteiger partial charge in [0, 0.05) is 28.9 Å². The van der Waals surface area contributed by atoms with Crippen LogP contribution in [-0.2, 0) is 12.8 Å². The van der Waals surface area contributed by atoms with E-state index in [9.17, 15) is 0 Å². The fourth-order valence-corrected chi connectivity index (χ4v) is 4.49. The summed E-state index contributed by atoms with van der Waals surface area (Å²) in [6.07, 6.45) is 7.97. The van der Waals surface area contributed by atoms with Gasteiger partial charge in [0.15, 0.2) is 5.65 Å². The second kappa shape index (κ2) is 9.27. The van der Waals surface area contributed by atoms with Crippen LogP contribution in [0.1, 0.15) is 36.8 Å². The highest BCUT2D eigenvalue weighted by Crippen LogP contribution is 2.27. The number of nitrogens with one attached hydrogen (secondary N) is 2. The van der Waals surface area contributed by atoms with Gasteiger partial charge in [0.1, 0.15) is 0 Å². The Hall–Kier alpha value is -2.96. The molecule has 1 aliphatic rings. The highest BCUT2D eigenvalue weighted by molar-refractivity contribution is 6.30. The molecule has 4 N–H and O–H groups in total. The summed E-state index contributed by atoms with van der Waals surface area (Å²) in [5, 5.41) is 12.7. The molecule has 0 atom stereocenters. The maximum atomic E-state index is 6.01. The summed E-state index contributed by atoms with van der Waals surface area (Å²) in [4.78, 5) is 9.19. The van der Waals surface area contributed by atoms with E-state index in [4.69, 9.17) is 17.3 Å². The maximum absolute atomic E-state index is 6.01. The molecule has 1 saturated carbocycles. The standard InChI is InChI=1S/C25H27ClN6/c26-19-8-6-16(7-9-19)4-5-17-2-1-3-18(14-17)23-22-15-28-25(30-24(22)32-31-23)29-21-12-10-20(27)11-13-21/h1-3,6-9,14-15,20-21H,4-5,10-13,27H2,(H2,28,29,30,31,32). The lowest BCUT2D eigenvalue weighted by Gasteiger charge is -2.26. The smallest absolute Gasteiger partial charge is 0.224 e. The number of hydrogen-bond acceptors (Lipinski definition) is 5. The number of aryl methyl sites for hydroxylation is 2. The summed E-state index contributed by atoms with van der Waals surface area (Å²) in [5.74, 6) is 0.632. The summed E-state index contributed by atoms with van der Waals surface area (Å²) in [7, 11) is 0. The Morgan fingerprint density at radius 2 is 1.78 bits per heavy atom. The Bertz CT molecular complexity index is 1190. The molecule has 0 unspecified atom stereocenters. The van der Waals surface area contributed by atoms with Crippen LogP contribution in [0.25, 0.3) is 22.3 Å². The SMILES string of the molecule is NC1CCC(Nc2ncc3c(-c4cccc(CCc5ccc(Cl)cc5)c4)[nH]nc3n2)CC1. The van der Waals surface area contributed by atoms with Crippen molar-refractivity contribution in [2.45, 2.75) is 50.6 Å². The average Bonchev–Trinajstić information content (AvgIpc) is 3.24. The van der Waals surface area contributed by atoms with Gasteiger partial charge in [0.25, 0.3) is 0 Å². The zero-order chi connectivity index (χ0) is 21.9. The molecule has 2 aromatic heterocycles. The van der Waals surface area contributed by atoms with Crippen LogP contribution in [0.3, 0.4) is 0 Å². The van der Waals surface area contributed by atoms with Crippen LogP contribution >= 0.6 is 11.6 Å². The zero-order valence-corrected chi connectivity index (χ0v) is 18.6. The third-order valence-electron chi connectivity index (χ3n) is 6.25. The number of aromatic amines is 1. The number of H-pyrrole nitrogens is 1. The van der Waals surface area contributed by atoms with E-state index in [2.05, 4.69) is 61.9 Å². The normalized spacial score (nSPS) is 18.7. The molecule has 2 heterocycles. The van der Waals surface area contributed by atoms with Crippen molar-refractivity contribution in [1.82, 2.24) is 20.2 Å². The van der Waals surface area contributed by atoms with E-state index in [1.807, 2.05) is 18.3 Å². The molecule has 6 nitrogen and oxygen atoms in total. The van der Waals surface area contributed by atoms with Crippen molar-refractivity contribution < 1.29 is 0 Å². The summed E-state index contributed by atoms with van der Waals surface area (Å²) >= 11 is 5.99. The van der Waals surface area contributed by atoms with Crippen molar-refractivity contribution in [3.63, 3.8) is 0 Å². The van der Waals surface area contributed by atoms with Crippen molar-refractivity contribution in [1.29, 1.82) is 0 Å². The molecule has 0 spiro atoms. The van der Waals surface area contributed by atoms with Crippen LogP contribution in [-0.4, -0.2) is 32.2 Å². The van der Waals surface area contributed by atoms with Gasteiger partial charge in [-0.05, 0) is 67.9 Å². The van der Waals surface area contributed by atoms with Crippen molar-refractivity contribution in [3.05, 3.63) is 70.9 Å². The first kappa shape index (κ1) is 20.9. The van der Waals surface area contributed by atoms with Crippen molar-refractivity contribution in [3.8, 4) is 11.3 Å². The van der Waals surface area contributed by atoms with Gasteiger partial charge in [-0.15, -0.1) is 0 Å². The number of nitrogens with zero attached hydrogens (tertiary/aromatic N) is 3. The van der Waals surface area contributed by atoms with Crippen LogP contribution in [0.15, 0.2) is 54.7 Å². The molecule has 164 valence electrons. The number of nitrogens with two attached hydrogens (primary N) is 1. The van der Waals surface area contributed by atoms with Gasteiger partial charge in [-0.25, -0.2) is 4.98 Å². The molecule has 1 aliphatic carbocycles. The van der Waals surface area contributed by atoms with Crippen LogP contribution in [0.2, 0.25) is 5.02 Å². The van der Waals surface area contributed by atoms with Gasteiger partial charge in [-0.2, -0.15) is 10.1 Å². The van der Waals surface area contributed by atoms with Crippen LogP contribution in [0.4, 0.5) is 5.95 Å². The lowest BCUT2D eigenvalue weighted by molar-refractivity contribution is 0.410. The predicted octanol–water partition coefficient (Wildman–Crippen LogP) is 5.14. The maximum Gasteiger partial charge on any atom is 0.224 e. The number of fused-ring (bicyclic) bond motifs is 1. The largest absolute Gasteiger partial charge is 0.351 e. The van der Waals surface area contributed by atoms with Crippen LogP contribution < -0.4 is 11.1 Å². The Kier molecular flexibility index (Phi) is 6.06. The van der Waals surface area contributed by atoms with Gasteiger partial charge in [0.2, 0.25) is 5.95 Å². The molecule has 0 saturated heterocycles. The van der Waals surface area contributed by atoms with E-state index in [0.717, 1.165) is 60.2 Å². The molecule has 32 heavy (non-hydrogen) atoms. The van der Waals surface area contributed by atoms with Gasteiger partial charge in [-0.3, -0.25) is 5.10 Å². The number of hydrogen-bond donors (Lipinski definition) is 3. The number of benzene rings is 2. The molecule has 0 aliphatic heterocycles. The molecule has 0 bridgehead atoms. The molecule has 5 rings (SSSR count). The minimum Gasteiger partial charge on any atom is -0.351 e. The van der Waals surface area contributed by atoms with E-state index in [-0.39, 0.29) is 0 Å². The Morgan fingerprint density at radius 3 is 2.59 bits per heavy atom. The predicted molar refractivity (Wildman–Crippen MR) is 130 cm³/mol. The van der Waals surface area contributed by atoms with Gasteiger partial charge >= 0.3 is 0 Å².